The first-order chi connectivity index (χ1) is 7.77. The third kappa shape index (κ3) is 2.44. The molecule has 3 nitrogen and oxygen atoms in total. The van der Waals surface area contributed by atoms with E-state index in [1.54, 1.807) is 11.3 Å². The zero-order valence-corrected chi connectivity index (χ0v) is 10.9. The number of nitrogens with one attached hydrogen (secondary N) is 1. The summed E-state index contributed by atoms with van der Waals surface area (Å²) >= 11 is 1.75. The first-order valence-electron chi connectivity index (χ1n) is 6.02. The summed E-state index contributed by atoms with van der Waals surface area (Å²) < 4.78 is 5.65. The van der Waals surface area contributed by atoms with Crippen LogP contribution in [0.3, 0.4) is 0 Å². The summed E-state index contributed by atoms with van der Waals surface area (Å²) in [5, 5.41) is 6.95. The van der Waals surface area contributed by atoms with Crippen molar-refractivity contribution in [3.8, 4) is 0 Å². The van der Waals surface area contributed by atoms with Gasteiger partial charge >= 0.3 is 0 Å². The fraction of sp³-hybridized carbons (Fsp3) is 0.750. The number of aryl methyl sites for hydroxylation is 1. The smallest absolute Gasteiger partial charge is 0.115 e. The quantitative estimate of drug-likeness (QED) is 0.878. The number of nitrogens with zero attached hydrogens (tertiary/aromatic N) is 1. The molecule has 0 saturated carbocycles. The molecule has 1 unspecified atom stereocenters. The minimum Gasteiger partial charge on any atom is -0.379 e. The van der Waals surface area contributed by atoms with Crippen molar-refractivity contribution in [2.24, 2.45) is 0 Å². The first kappa shape index (κ1) is 12.0. The molecular formula is C12H20N2OS. The van der Waals surface area contributed by atoms with Crippen LogP contribution in [-0.2, 0) is 10.3 Å². The van der Waals surface area contributed by atoms with Crippen molar-refractivity contribution in [1.82, 2.24) is 10.3 Å². The average Bonchev–Trinajstić information content (AvgIpc) is 2.75. The van der Waals surface area contributed by atoms with E-state index in [1.165, 1.54) is 5.01 Å². The van der Waals surface area contributed by atoms with Crippen molar-refractivity contribution in [1.29, 1.82) is 0 Å². The van der Waals surface area contributed by atoms with Gasteiger partial charge in [0.25, 0.3) is 0 Å². The van der Waals surface area contributed by atoms with Crippen molar-refractivity contribution >= 4 is 11.3 Å². The molecule has 2 heterocycles. The highest BCUT2D eigenvalue weighted by molar-refractivity contribution is 7.09. The van der Waals surface area contributed by atoms with E-state index in [4.69, 9.17) is 4.74 Å². The number of thiazole rings is 1. The second-order valence-electron chi connectivity index (χ2n) is 4.46. The number of rotatable bonds is 4. The Bertz CT molecular complexity index is 332. The van der Waals surface area contributed by atoms with Gasteiger partial charge in [-0.1, -0.05) is 6.92 Å². The van der Waals surface area contributed by atoms with Gasteiger partial charge in [-0.15, -0.1) is 11.3 Å². The maximum Gasteiger partial charge on any atom is 0.115 e. The molecule has 1 N–H and O–H groups in total. The van der Waals surface area contributed by atoms with Crippen LogP contribution in [0, 0.1) is 6.92 Å². The predicted octanol–water partition coefficient (Wildman–Crippen LogP) is 2.46. The molecule has 0 radical (unpaired) electrons. The summed E-state index contributed by atoms with van der Waals surface area (Å²) in [7, 11) is 0. The summed E-state index contributed by atoms with van der Waals surface area (Å²) in [5.74, 6) is 0. The largest absolute Gasteiger partial charge is 0.379 e. The maximum absolute atomic E-state index is 5.65. The summed E-state index contributed by atoms with van der Waals surface area (Å²) in [6.45, 7) is 6.93. The Morgan fingerprint density at radius 3 is 3.06 bits per heavy atom. The third-order valence-corrected chi connectivity index (χ3v) is 4.15. The lowest BCUT2D eigenvalue weighted by Gasteiger charge is -2.36. The van der Waals surface area contributed by atoms with Crippen LogP contribution in [0.15, 0.2) is 5.38 Å². The predicted molar refractivity (Wildman–Crippen MR) is 66.9 cm³/mol. The Morgan fingerprint density at radius 1 is 1.62 bits per heavy atom. The van der Waals surface area contributed by atoms with Crippen LogP contribution in [0.1, 0.15) is 36.9 Å². The standard InChI is InChI=1S/C12H20N2OS/c1-3-6-13-12(5-4-7-15-9-12)11-14-10(2)8-16-11/h8,13H,3-7,9H2,1-2H3. The van der Waals surface area contributed by atoms with E-state index < -0.39 is 0 Å². The van der Waals surface area contributed by atoms with Crippen LogP contribution >= 0.6 is 11.3 Å². The Hall–Kier alpha value is -0.450. The van der Waals surface area contributed by atoms with Crippen LogP contribution in [0.5, 0.6) is 0 Å². The number of aromatic nitrogens is 1. The lowest BCUT2D eigenvalue weighted by atomic mass is 9.93. The Balaban J connectivity index is 2.18. The second kappa shape index (κ2) is 5.25. The molecule has 4 heteroatoms. The molecule has 0 amide bonds. The molecule has 0 aromatic carbocycles. The van der Waals surface area contributed by atoms with Crippen molar-refractivity contribution in [3.63, 3.8) is 0 Å². The van der Waals surface area contributed by atoms with Crippen LogP contribution in [0.4, 0.5) is 0 Å². The minimum absolute atomic E-state index is 0.0206. The van der Waals surface area contributed by atoms with Gasteiger partial charge in [-0.3, -0.25) is 0 Å². The molecule has 1 atom stereocenters. The van der Waals surface area contributed by atoms with Gasteiger partial charge in [-0.05, 0) is 32.7 Å². The molecule has 0 bridgehead atoms. The SMILES string of the molecule is CCCNC1(c2nc(C)cs2)CCCOC1. The normalized spacial score (nSPS) is 25.9. The highest BCUT2D eigenvalue weighted by Gasteiger charge is 2.36. The lowest BCUT2D eigenvalue weighted by molar-refractivity contribution is 0.0181. The fourth-order valence-electron chi connectivity index (χ4n) is 2.12. The minimum atomic E-state index is -0.0206. The third-order valence-electron chi connectivity index (χ3n) is 2.98. The van der Waals surface area contributed by atoms with Crippen LogP contribution in [0.2, 0.25) is 0 Å². The van der Waals surface area contributed by atoms with E-state index in [2.05, 4.69) is 29.5 Å². The van der Waals surface area contributed by atoms with E-state index in [0.29, 0.717) is 0 Å². The maximum atomic E-state index is 5.65. The molecular weight excluding hydrogens is 220 g/mol. The fourth-order valence-corrected chi connectivity index (χ4v) is 3.11. The molecule has 1 aliphatic heterocycles. The molecule has 1 aliphatic rings. The first-order valence-corrected chi connectivity index (χ1v) is 6.90. The van der Waals surface area contributed by atoms with Gasteiger partial charge in [-0.25, -0.2) is 4.98 Å². The highest BCUT2D eigenvalue weighted by atomic mass is 32.1. The van der Waals surface area contributed by atoms with Crippen molar-refractivity contribution in [2.45, 2.75) is 38.6 Å². The van der Waals surface area contributed by atoms with Gasteiger partial charge in [0.1, 0.15) is 5.01 Å². The van der Waals surface area contributed by atoms with Crippen LogP contribution in [0.25, 0.3) is 0 Å². The molecule has 16 heavy (non-hydrogen) atoms. The van der Waals surface area contributed by atoms with E-state index in [-0.39, 0.29) is 5.54 Å². The van der Waals surface area contributed by atoms with Gasteiger partial charge in [0.2, 0.25) is 0 Å². The summed E-state index contributed by atoms with van der Waals surface area (Å²) in [6, 6.07) is 0. The Morgan fingerprint density at radius 2 is 2.50 bits per heavy atom. The van der Waals surface area contributed by atoms with E-state index in [0.717, 1.165) is 44.7 Å². The number of hydrogen-bond donors (Lipinski definition) is 1. The van der Waals surface area contributed by atoms with E-state index in [1.807, 2.05) is 0 Å². The van der Waals surface area contributed by atoms with Crippen LogP contribution < -0.4 is 5.32 Å². The summed E-state index contributed by atoms with van der Waals surface area (Å²) in [6.07, 6.45) is 3.40. The monoisotopic (exact) mass is 240 g/mol. The van der Waals surface area contributed by atoms with E-state index >= 15 is 0 Å². The number of hydrogen-bond acceptors (Lipinski definition) is 4. The van der Waals surface area contributed by atoms with Gasteiger partial charge in [0, 0.05) is 17.7 Å². The Labute approximate surface area is 101 Å². The molecule has 90 valence electrons. The zero-order chi connectivity index (χ0) is 11.4. The average molecular weight is 240 g/mol. The zero-order valence-electron chi connectivity index (χ0n) is 10.1. The van der Waals surface area contributed by atoms with Crippen molar-refractivity contribution in [2.75, 3.05) is 19.8 Å². The van der Waals surface area contributed by atoms with Gasteiger partial charge in [0.15, 0.2) is 0 Å². The highest BCUT2D eigenvalue weighted by Crippen LogP contribution is 2.32. The van der Waals surface area contributed by atoms with Crippen LogP contribution in [-0.4, -0.2) is 24.7 Å². The number of ether oxygens (including phenoxy) is 1. The summed E-state index contributed by atoms with van der Waals surface area (Å²) in [5.41, 5.74) is 1.09. The molecule has 1 saturated heterocycles. The van der Waals surface area contributed by atoms with Gasteiger partial charge in [0.05, 0.1) is 12.1 Å². The molecule has 1 fully saturated rings. The second-order valence-corrected chi connectivity index (χ2v) is 5.32. The molecule has 0 spiro atoms. The molecule has 2 rings (SSSR count). The van der Waals surface area contributed by atoms with Gasteiger partial charge in [-0.2, -0.15) is 0 Å². The van der Waals surface area contributed by atoms with Crippen molar-refractivity contribution < 1.29 is 4.74 Å². The molecule has 0 aliphatic carbocycles. The summed E-state index contributed by atoms with van der Waals surface area (Å²) in [4.78, 5) is 4.64. The van der Waals surface area contributed by atoms with Gasteiger partial charge < -0.3 is 10.1 Å². The molecule has 1 aromatic rings. The Kier molecular flexibility index (Phi) is 3.95. The van der Waals surface area contributed by atoms with E-state index in [9.17, 15) is 0 Å². The van der Waals surface area contributed by atoms with Crippen molar-refractivity contribution in [3.05, 3.63) is 16.1 Å². The molecule has 1 aromatic heterocycles. The lowest BCUT2D eigenvalue weighted by Crippen LogP contribution is -2.49. The topological polar surface area (TPSA) is 34.2 Å².